The van der Waals surface area contributed by atoms with Gasteiger partial charge in [0.1, 0.15) is 28.3 Å². The number of hydrogen-bond donors (Lipinski definition) is 1. The van der Waals surface area contributed by atoms with Gasteiger partial charge >= 0.3 is 6.03 Å². The Balaban J connectivity index is 1.19. The maximum Gasteiger partial charge on any atom is 0.320 e. The number of pyridine rings is 1. The topological polar surface area (TPSA) is 148 Å². The van der Waals surface area contributed by atoms with Crippen LogP contribution in [0.15, 0.2) is 41.8 Å². The van der Waals surface area contributed by atoms with Gasteiger partial charge in [0.15, 0.2) is 5.78 Å². The fraction of sp³-hybridized carbons (Fsp3) is 0.541. The van der Waals surface area contributed by atoms with Crippen LogP contribution >= 0.6 is 11.3 Å². The van der Waals surface area contributed by atoms with Gasteiger partial charge in [-0.1, -0.05) is 26.0 Å². The minimum Gasteiger partial charge on any atom is -0.497 e. The number of hydrogen-bond acceptors (Lipinski definition) is 10. The lowest BCUT2D eigenvalue weighted by atomic mass is 9.91. The lowest BCUT2D eigenvalue weighted by molar-refractivity contribution is -0.131. The molecule has 1 saturated heterocycles. The first kappa shape index (κ1) is 35.4. The van der Waals surface area contributed by atoms with Crippen LogP contribution in [0.1, 0.15) is 76.8 Å². The van der Waals surface area contributed by atoms with Crippen LogP contribution in [0.3, 0.4) is 0 Å². The average molecular weight is 736 g/mol. The normalized spacial score (nSPS) is 26.4. The van der Waals surface area contributed by atoms with E-state index in [1.54, 1.807) is 24.0 Å². The van der Waals surface area contributed by atoms with Crippen molar-refractivity contribution in [1.29, 1.82) is 0 Å². The monoisotopic (exact) mass is 735 g/mol. The number of Topliss-reactive ketones (excluding diaryl/α,β-unsaturated/α-hetero) is 1. The molecule has 0 unspecified atom stereocenters. The smallest absolute Gasteiger partial charge is 0.320 e. The van der Waals surface area contributed by atoms with E-state index in [1.807, 2.05) is 41.8 Å². The van der Waals surface area contributed by atoms with Crippen molar-refractivity contribution in [3.05, 3.63) is 47.5 Å². The van der Waals surface area contributed by atoms with E-state index in [4.69, 9.17) is 19.4 Å². The molecule has 3 fully saturated rings. The molecule has 1 N–H and O–H groups in total. The molecule has 3 aromatic rings. The van der Waals surface area contributed by atoms with Crippen molar-refractivity contribution in [3.63, 3.8) is 0 Å². The van der Waals surface area contributed by atoms with E-state index in [1.165, 1.54) is 11.3 Å². The summed E-state index contributed by atoms with van der Waals surface area (Å²) in [7, 11) is -0.457. The molecule has 4 aliphatic rings. The molecule has 7 rings (SSSR count). The van der Waals surface area contributed by atoms with Crippen LogP contribution in [0.4, 0.5) is 4.79 Å². The second-order valence-corrected chi connectivity index (χ2v) is 17.5. The Morgan fingerprint density at radius 3 is 2.67 bits per heavy atom. The molecular formula is C37H45N5O7S2. The minimum absolute atomic E-state index is 0.163. The first-order chi connectivity index (χ1) is 24.4. The van der Waals surface area contributed by atoms with Crippen LogP contribution < -0.4 is 14.2 Å². The molecule has 3 amide bonds. The molecule has 12 nitrogen and oxygen atoms in total. The summed E-state index contributed by atoms with van der Waals surface area (Å²) in [5.74, 6) is 0.306. The summed E-state index contributed by atoms with van der Waals surface area (Å²) in [5, 5.41) is 2.98. The zero-order valence-corrected chi connectivity index (χ0v) is 31.1. The number of nitrogens with one attached hydrogen (secondary N) is 1. The Hall–Kier alpha value is -4.04. The highest BCUT2D eigenvalue weighted by atomic mass is 32.2. The number of rotatable bonds is 8. The van der Waals surface area contributed by atoms with E-state index in [2.05, 4.69) is 18.6 Å². The van der Waals surface area contributed by atoms with Crippen molar-refractivity contribution in [3.8, 4) is 22.2 Å². The fourth-order valence-electron chi connectivity index (χ4n) is 7.20. The summed E-state index contributed by atoms with van der Waals surface area (Å²) in [6.07, 6.45) is 7.32. The summed E-state index contributed by atoms with van der Waals surface area (Å²) in [5.41, 5.74) is 1.11. The Bertz CT molecular complexity index is 1990. The van der Waals surface area contributed by atoms with Crippen molar-refractivity contribution in [1.82, 2.24) is 24.5 Å². The second-order valence-electron chi connectivity index (χ2n) is 14.7. The molecule has 14 heteroatoms. The van der Waals surface area contributed by atoms with Crippen LogP contribution in [-0.2, 0) is 19.6 Å². The molecule has 0 spiro atoms. The predicted octanol–water partition coefficient (Wildman–Crippen LogP) is 5.68. The molecule has 0 radical (unpaired) electrons. The Kier molecular flexibility index (Phi) is 9.59. The molecular weight excluding hydrogens is 691 g/mol. The molecule has 1 aromatic carbocycles. The molecule has 2 aliphatic heterocycles. The van der Waals surface area contributed by atoms with Gasteiger partial charge in [-0.05, 0) is 62.5 Å². The summed E-state index contributed by atoms with van der Waals surface area (Å²) in [6.45, 7) is 4.89. The number of amides is 3. The number of allylic oxidation sites excluding steroid dienone is 2. The highest BCUT2D eigenvalue weighted by Crippen LogP contribution is 2.57. The van der Waals surface area contributed by atoms with Gasteiger partial charge < -0.3 is 19.3 Å². The van der Waals surface area contributed by atoms with Crippen LogP contribution in [0, 0.1) is 11.3 Å². The highest BCUT2D eigenvalue weighted by Gasteiger charge is 2.61. The number of ether oxygens (including phenoxy) is 2. The van der Waals surface area contributed by atoms with Crippen LogP contribution in [0.2, 0.25) is 0 Å². The number of thiazole rings is 1. The number of ketones is 1. The van der Waals surface area contributed by atoms with Crippen LogP contribution in [-0.4, -0.2) is 90.5 Å². The maximum atomic E-state index is 14.3. The summed E-state index contributed by atoms with van der Waals surface area (Å²) in [4.78, 5) is 54.8. The SMILES string of the molecule is COc1ccc2c(O[C@@H]3C[C@H]4C(=O)C[C@]5(C(=O)NS(=O)(=O)C6CC6)C[C@H]5/C=C\CCCCN(C)C(=O)N4C3)cc(-c3nc(C(C)C)cs3)nc2c1. The van der Waals surface area contributed by atoms with Gasteiger partial charge in [-0.3, -0.25) is 14.3 Å². The summed E-state index contributed by atoms with van der Waals surface area (Å²) < 4.78 is 40.1. The number of fused-ring (bicyclic) bond motifs is 3. The van der Waals surface area contributed by atoms with Crippen LogP contribution in [0.25, 0.3) is 21.6 Å². The number of urea groups is 1. The number of benzene rings is 1. The van der Waals surface area contributed by atoms with Crippen molar-refractivity contribution in [2.45, 2.75) is 88.5 Å². The lowest BCUT2D eigenvalue weighted by Crippen LogP contribution is -2.48. The van der Waals surface area contributed by atoms with Gasteiger partial charge in [0, 0.05) is 49.3 Å². The number of aromatic nitrogens is 2. The van der Waals surface area contributed by atoms with Crippen molar-refractivity contribution >= 4 is 50.0 Å². The van der Waals surface area contributed by atoms with E-state index in [0.29, 0.717) is 48.5 Å². The quantitative estimate of drug-likeness (QED) is 0.289. The van der Waals surface area contributed by atoms with Gasteiger partial charge in [0.05, 0.1) is 41.6 Å². The molecule has 4 atom stereocenters. The zero-order valence-electron chi connectivity index (χ0n) is 29.5. The third-order valence-electron chi connectivity index (χ3n) is 10.6. The Morgan fingerprint density at radius 1 is 1.14 bits per heavy atom. The van der Waals surface area contributed by atoms with Gasteiger partial charge in [0.2, 0.25) is 15.9 Å². The zero-order chi connectivity index (χ0) is 36.1. The van der Waals surface area contributed by atoms with Crippen molar-refractivity contribution in [2.75, 3.05) is 27.2 Å². The first-order valence-corrected chi connectivity index (χ1v) is 20.2. The molecule has 0 bridgehead atoms. The third kappa shape index (κ3) is 7.21. The molecule has 2 aliphatic carbocycles. The van der Waals surface area contributed by atoms with E-state index in [9.17, 15) is 22.8 Å². The molecule has 51 heavy (non-hydrogen) atoms. The molecule has 272 valence electrons. The lowest BCUT2D eigenvalue weighted by Gasteiger charge is -2.29. The van der Waals surface area contributed by atoms with E-state index < -0.39 is 38.7 Å². The largest absolute Gasteiger partial charge is 0.497 e. The average Bonchev–Trinajstić information content (AvgIpc) is 3.98. The molecule has 2 aromatic heterocycles. The van der Waals surface area contributed by atoms with Crippen molar-refractivity contribution < 1.29 is 32.3 Å². The minimum atomic E-state index is -3.79. The van der Waals surface area contributed by atoms with Gasteiger partial charge in [-0.15, -0.1) is 11.3 Å². The Morgan fingerprint density at radius 2 is 1.94 bits per heavy atom. The van der Waals surface area contributed by atoms with E-state index in [0.717, 1.165) is 35.4 Å². The number of carbonyl (C=O) groups excluding carboxylic acids is 3. The number of methoxy groups -OCH3 is 1. The van der Waals surface area contributed by atoms with Gasteiger partial charge in [0.25, 0.3) is 0 Å². The van der Waals surface area contributed by atoms with E-state index >= 15 is 0 Å². The third-order valence-corrected chi connectivity index (χ3v) is 13.3. The standard InChI is InChI=1S/C37H45N5O7S2/c1-22(2)30-21-50-34(39-30)29-17-33(27-13-10-24(48-4)15-28(27)38-29)49-25-16-31-32(43)19-37(35(44)40-51(46,47)26-11-12-26)18-23(37)9-7-5-6-8-14-41(3)36(45)42(31)20-25/h7,9-10,13,15,17,21-23,25-26,31H,5-6,8,11-12,14,16,18-20H2,1-4H3,(H,40,44)/b9-7-/t23-,25-,31+,37-/m1/s1. The van der Waals surface area contributed by atoms with Crippen LogP contribution in [0.5, 0.6) is 11.5 Å². The highest BCUT2D eigenvalue weighted by molar-refractivity contribution is 7.90. The number of sulfonamides is 1. The van der Waals surface area contributed by atoms with Gasteiger partial charge in [-0.2, -0.15) is 0 Å². The van der Waals surface area contributed by atoms with E-state index in [-0.39, 0.29) is 43.0 Å². The number of carbonyl (C=O) groups is 3. The second kappa shape index (κ2) is 13.8. The van der Waals surface area contributed by atoms with Gasteiger partial charge in [-0.25, -0.2) is 23.2 Å². The maximum absolute atomic E-state index is 14.3. The predicted molar refractivity (Wildman–Crippen MR) is 194 cm³/mol. The summed E-state index contributed by atoms with van der Waals surface area (Å²) >= 11 is 1.51. The molecule has 2 saturated carbocycles. The van der Waals surface area contributed by atoms with Crippen molar-refractivity contribution in [2.24, 2.45) is 11.3 Å². The summed E-state index contributed by atoms with van der Waals surface area (Å²) in [6, 6.07) is 6.31. The number of nitrogens with zero attached hydrogens (tertiary/aromatic N) is 4. The Labute approximate surface area is 302 Å². The fourth-order valence-corrected chi connectivity index (χ4v) is 9.52. The first-order valence-electron chi connectivity index (χ1n) is 17.8. The molecule has 4 heterocycles.